The summed E-state index contributed by atoms with van der Waals surface area (Å²) in [4.78, 5) is 17.1. The Hall–Kier alpha value is -3.68. The minimum absolute atomic E-state index is 0.270. The number of aryl methyl sites for hydroxylation is 2. The van der Waals surface area contributed by atoms with Gasteiger partial charge in [-0.25, -0.2) is 9.50 Å². The highest BCUT2D eigenvalue weighted by atomic mass is 16.5. The molecule has 142 valence electrons. The summed E-state index contributed by atoms with van der Waals surface area (Å²) in [6.07, 6.45) is 4.94. The van der Waals surface area contributed by atoms with E-state index >= 15 is 0 Å². The topological polar surface area (TPSA) is 86.3 Å². The van der Waals surface area contributed by atoms with E-state index < -0.39 is 0 Å². The Morgan fingerprint density at radius 1 is 1.18 bits per heavy atom. The Morgan fingerprint density at radius 2 is 2.04 bits per heavy atom. The van der Waals surface area contributed by atoms with Gasteiger partial charge in [0.2, 0.25) is 0 Å². The van der Waals surface area contributed by atoms with E-state index in [-0.39, 0.29) is 5.91 Å². The third kappa shape index (κ3) is 3.44. The molecule has 1 N–H and O–H groups in total. The maximum absolute atomic E-state index is 12.7. The molecule has 4 aromatic rings. The van der Waals surface area contributed by atoms with Crippen LogP contribution in [0.25, 0.3) is 5.65 Å². The molecule has 8 nitrogen and oxygen atoms in total. The molecule has 0 aliphatic carbocycles. The average Bonchev–Trinajstić information content (AvgIpc) is 3.28. The molecule has 0 aliphatic rings. The number of amides is 1. The highest BCUT2D eigenvalue weighted by Gasteiger charge is 2.16. The smallest absolute Gasteiger partial charge is 0.261 e. The molecule has 0 spiro atoms. The summed E-state index contributed by atoms with van der Waals surface area (Å²) in [7, 11) is 1.64. The van der Waals surface area contributed by atoms with Gasteiger partial charge in [-0.3, -0.25) is 9.48 Å². The highest BCUT2D eigenvalue weighted by molar-refractivity contribution is 6.08. The number of carbonyl (C=O) groups excluding carboxylic acids is 1. The van der Waals surface area contributed by atoms with Crippen LogP contribution in [0.2, 0.25) is 0 Å². The number of benzene rings is 1. The molecular formula is C20H20N6O2. The Balaban J connectivity index is 1.52. The Bertz CT molecular complexity index is 1160. The van der Waals surface area contributed by atoms with Crippen LogP contribution in [0.1, 0.15) is 27.3 Å². The normalized spacial score (nSPS) is 11.0. The van der Waals surface area contributed by atoms with Gasteiger partial charge in [-0.1, -0.05) is 12.1 Å². The van der Waals surface area contributed by atoms with E-state index in [9.17, 15) is 4.79 Å². The van der Waals surface area contributed by atoms with Gasteiger partial charge in [0.1, 0.15) is 11.3 Å². The second-order valence-corrected chi connectivity index (χ2v) is 6.56. The molecule has 1 amide bonds. The molecular weight excluding hydrogens is 356 g/mol. The first-order valence-electron chi connectivity index (χ1n) is 8.82. The fraction of sp³-hybridized carbons (Fsp3) is 0.200. The van der Waals surface area contributed by atoms with Crippen molar-refractivity contribution in [1.82, 2.24) is 24.4 Å². The molecule has 3 heterocycles. The second kappa shape index (κ2) is 7.15. The molecule has 0 atom stereocenters. The third-order valence-corrected chi connectivity index (χ3v) is 4.39. The molecule has 0 fully saturated rings. The van der Waals surface area contributed by atoms with Crippen molar-refractivity contribution in [2.24, 2.45) is 0 Å². The zero-order chi connectivity index (χ0) is 19.7. The summed E-state index contributed by atoms with van der Waals surface area (Å²) in [5.74, 6) is 0.526. The van der Waals surface area contributed by atoms with Crippen LogP contribution < -0.4 is 10.1 Å². The number of hydrogen-bond donors (Lipinski definition) is 1. The van der Waals surface area contributed by atoms with E-state index in [0.29, 0.717) is 23.4 Å². The summed E-state index contributed by atoms with van der Waals surface area (Å²) in [5.41, 5.74) is 4.39. The third-order valence-electron chi connectivity index (χ3n) is 4.39. The number of aromatic nitrogens is 5. The van der Waals surface area contributed by atoms with Gasteiger partial charge in [-0.2, -0.15) is 10.2 Å². The molecule has 0 saturated heterocycles. The van der Waals surface area contributed by atoms with Gasteiger partial charge in [-0.15, -0.1) is 0 Å². The number of hydrogen-bond acceptors (Lipinski definition) is 5. The first kappa shape index (κ1) is 17.7. The summed E-state index contributed by atoms with van der Waals surface area (Å²) >= 11 is 0. The fourth-order valence-electron chi connectivity index (χ4n) is 3.10. The van der Waals surface area contributed by atoms with Gasteiger partial charge in [0.15, 0.2) is 5.65 Å². The van der Waals surface area contributed by atoms with E-state index in [1.807, 2.05) is 44.2 Å². The number of anilines is 1. The number of ether oxygens (including phenoxy) is 1. The quantitative estimate of drug-likeness (QED) is 0.579. The van der Waals surface area contributed by atoms with Crippen molar-refractivity contribution < 1.29 is 9.53 Å². The lowest BCUT2D eigenvalue weighted by molar-refractivity contribution is 0.102. The highest BCUT2D eigenvalue weighted by Crippen LogP contribution is 2.16. The molecule has 0 aliphatic heterocycles. The molecule has 0 radical (unpaired) electrons. The van der Waals surface area contributed by atoms with E-state index in [2.05, 4.69) is 20.5 Å². The van der Waals surface area contributed by atoms with Crippen LogP contribution in [0.4, 0.5) is 5.69 Å². The molecule has 0 unspecified atom stereocenters. The maximum atomic E-state index is 12.7. The molecule has 0 bridgehead atoms. The van der Waals surface area contributed by atoms with Crippen LogP contribution in [0.3, 0.4) is 0 Å². The SMILES string of the molecule is COc1cccc(Cn2cc(NC(=O)c3cnn4c(C)cc(C)nc34)cn2)c1. The summed E-state index contributed by atoms with van der Waals surface area (Å²) in [6.45, 7) is 4.40. The summed E-state index contributed by atoms with van der Waals surface area (Å²) < 4.78 is 8.66. The Morgan fingerprint density at radius 3 is 2.86 bits per heavy atom. The van der Waals surface area contributed by atoms with Crippen LogP contribution in [0.15, 0.2) is 48.9 Å². The van der Waals surface area contributed by atoms with E-state index in [1.165, 1.54) is 6.20 Å². The number of rotatable bonds is 5. The zero-order valence-electron chi connectivity index (χ0n) is 15.9. The van der Waals surface area contributed by atoms with Crippen molar-refractivity contribution >= 4 is 17.2 Å². The fourth-order valence-corrected chi connectivity index (χ4v) is 3.10. The van der Waals surface area contributed by atoms with Crippen molar-refractivity contribution in [2.75, 3.05) is 12.4 Å². The van der Waals surface area contributed by atoms with Crippen LogP contribution in [-0.4, -0.2) is 37.4 Å². The molecule has 4 rings (SSSR count). The van der Waals surface area contributed by atoms with Crippen LogP contribution in [0, 0.1) is 13.8 Å². The van der Waals surface area contributed by atoms with Gasteiger partial charge in [0.25, 0.3) is 5.91 Å². The first-order chi connectivity index (χ1) is 13.5. The lowest BCUT2D eigenvalue weighted by Crippen LogP contribution is -2.12. The predicted octanol–water partition coefficient (Wildman–Crippen LogP) is 2.85. The van der Waals surface area contributed by atoms with Crippen molar-refractivity contribution in [3.63, 3.8) is 0 Å². The number of fused-ring (bicyclic) bond motifs is 1. The van der Waals surface area contributed by atoms with Crippen LogP contribution >= 0.6 is 0 Å². The van der Waals surface area contributed by atoms with Gasteiger partial charge in [0, 0.05) is 17.6 Å². The Labute approximate surface area is 161 Å². The van der Waals surface area contributed by atoms with Crippen molar-refractivity contribution in [3.05, 3.63) is 71.4 Å². The molecule has 28 heavy (non-hydrogen) atoms. The second-order valence-electron chi connectivity index (χ2n) is 6.56. The Kier molecular flexibility index (Phi) is 4.52. The van der Waals surface area contributed by atoms with Crippen molar-refractivity contribution in [3.8, 4) is 5.75 Å². The zero-order valence-corrected chi connectivity index (χ0v) is 15.9. The first-order valence-corrected chi connectivity index (χ1v) is 8.82. The number of nitrogens with one attached hydrogen (secondary N) is 1. The van der Waals surface area contributed by atoms with Crippen LogP contribution in [-0.2, 0) is 6.54 Å². The number of nitrogens with zero attached hydrogens (tertiary/aromatic N) is 5. The molecule has 1 aromatic carbocycles. The lowest BCUT2D eigenvalue weighted by Gasteiger charge is -2.05. The molecule has 3 aromatic heterocycles. The minimum Gasteiger partial charge on any atom is -0.497 e. The molecule has 8 heteroatoms. The van der Waals surface area contributed by atoms with Crippen LogP contribution in [0.5, 0.6) is 5.75 Å². The van der Waals surface area contributed by atoms with Gasteiger partial charge in [-0.05, 0) is 37.6 Å². The average molecular weight is 376 g/mol. The van der Waals surface area contributed by atoms with Gasteiger partial charge in [0.05, 0.1) is 31.7 Å². The van der Waals surface area contributed by atoms with Gasteiger partial charge < -0.3 is 10.1 Å². The summed E-state index contributed by atoms with van der Waals surface area (Å²) in [5, 5.41) is 11.4. The summed E-state index contributed by atoms with van der Waals surface area (Å²) in [6, 6.07) is 9.70. The van der Waals surface area contributed by atoms with Crippen molar-refractivity contribution in [2.45, 2.75) is 20.4 Å². The van der Waals surface area contributed by atoms with E-state index in [4.69, 9.17) is 4.74 Å². The monoisotopic (exact) mass is 376 g/mol. The number of methoxy groups -OCH3 is 1. The minimum atomic E-state index is -0.270. The molecule has 0 saturated carbocycles. The van der Waals surface area contributed by atoms with E-state index in [1.54, 1.807) is 28.7 Å². The lowest BCUT2D eigenvalue weighted by atomic mass is 10.2. The number of carbonyl (C=O) groups is 1. The van der Waals surface area contributed by atoms with Gasteiger partial charge >= 0.3 is 0 Å². The maximum Gasteiger partial charge on any atom is 0.261 e. The largest absolute Gasteiger partial charge is 0.497 e. The predicted molar refractivity (Wildman–Crippen MR) is 105 cm³/mol. The van der Waals surface area contributed by atoms with E-state index in [0.717, 1.165) is 22.7 Å². The van der Waals surface area contributed by atoms with Crippen molar-refractivity contribution in [1.29, 1.82) is 0 Å². The standard InChI is InChI=1S/C20H20N6O2/c1-13-7-14(2)26-19(23-13)18(10-22-26)20(27)24-16-9-21-25(12-16)11-15-5-4-6-17(8-15)28-3/h4-10,12H,11H2,1-3H3,(H,24,27).